The molecule has 0 saturated carbocycles. The maximum absolute atomic E-state index is 12.9. The van der Waals surface area contributed by atoms with Crippen LogP contribution in [0.3, 0.4) is 0 Å². The van der Waals surface area contributed by atoms with Gasteiger partial charge in [-0.15, -0.1) is 0 Å². The van der Waals surface area contributed by atoms with Crippen LogP contribution in [-0.2, 0) is 28.6 Å². The highest BCUT2D eigenvalue weighted by Crippen LogP contribution is 2.19. The molecule has 0 aromatic rings. The number of hydrogen-bond acceptors (Lipinski definition) is 6. The first-order valence-corrected chi connectivity index (χ1v) is 31.9. The molecular formula is C64H124O6. The van der Waals surface area contributed by atoms with Gasteiger partial charge in [0.05, 0.1) is 0 Å². The topological polar surface area (TPSA) is 78.9 Å². The summed E-state index contributed by atoms with van der Waals surface area (Å²) in [5.41, 5.74) is 0. The second kappa shape index (κ2) is 58.3. The zero-order chi connectivity index (χ0) is 50.9. The molecule has 0 amide bonds. The van der Waals surface area contributed by atoms with E-state index in [1.807, 2.05) is 0 Å². The smallest absolute Gasteiger partial charge is 0.306 e. The molecule has 0 radical (unpaired) electrons. The molecule has 70 heavy (non-hydrogen) atoms. The zero-order valence-electron chi connectivity index (χ0n) is 48.0. The minimum absolute atomic E-state index is 0.0614. The Morgan fingerprint density at radius 1 is 0.271 bits per heavy atom. The van der Waals surface area contributed by atoms with E-state index in [0.29, 0.717) is 19.3 Å². The van der Waals surface area contributed by atoms with E-state index in [1.165, 1.54) is 263 Å². The second-order valence-electron chi connectivity index (χ2n) is 22.5. The Bertz CT molecular complexity index is 1060. The van der Waals surface area contributed by atoms with Crippen LogP contribution in [0.1, 0.15) is 368 Å². The Kier molecular flexibility index (Phi) is 57.0. The first-order chi connectivity index (χ1) is 34.4. The number of rotatable bonds is 59. The SMILES string of the molecule is CCCCCCCCCCCCCCCCCCCCCC(=O)OC[C@@H](COC(=O)CCCCCCCCCCCCCCCCCCCC)OC(=O)CCCCCCCCCCCCCCC(C)C. The largest absolute Gasteiger partial charge is 0.462 e. The van der Waals surface area contributed by atoms with Gasteiger partial charge in [-0.1, -0.05) is 329 Å². The molecule has 0 fully saturated rings. The molecule has 0 aliphatic heterocycles. The van der Waals surface area contributed by atoms with Crippen LogP contribution in [0.15, 0.2) is 0 Å². The molecule has 0 aromatic heterocycles. The molecule has 0 rings (SSSR count). The van der Waals surface area contributed by atoms with E-state index in [-0.39, 0.29) is 31.1 Å². The Balaban J connectivity index is 4.27. The second-order valence-corrected chi connectivity index (χ2v) is 22.5. The van der Waals surface area contributed by atoms with Crippen molar-refractivity contribution in [2.24, 2.45) is 5.92 Å². The fraction of sp³-hybridized carbons (Fsp3) is 0.953. The van der Waals surface area contributed by atoms with Crippen molar-refractivity contribution in [1.82, 2.24) is 0 Å². The first-order valence-electron chi connectivity index (χ1n) is 31.9. The van der Waals surface area contributed by atoms with Gasteiger partial charge >= 0.3 is 17.9 Å². The minimum Gasteiger partial charge on any atom is -0.462 e. The normalized spacial score (nSPS) is 12.0. The third-order valence-corrected chi connectivity index (χ3v) is 14.8. The monoisotopic (exact) mass is 989 g/mol. The zero-order valence-corrected chi connectivity index (χ0v) is 48.0. The summed E-state index contributed by atoms with van der Waals surface area (Å²) in [6.45, 7) is 9.08. The fourth-order valence-electron chi connectivity index (χ4n) is 9.99. The number of carbonyl (C=O) groups excluding carboxylic acids is 3. The highest BCUT2D eigenvalue weighted by molar-refractivity contribution is 5.71. The van der Waals surface area contributed by atoms with Crippen molar-refractivity contribution in [2.45, 2.75) is 374 Å². The minimum atomic E-state index is -0.763. The van der Waals surface area contributed by atoms with Crippen LogP contribution in [0, 0.1) is 5.92 Å². The van der Waals surface area contributed by atoms with Gasteiger partial charge in [0.25, 0.3) is 0 Å². The standard InChI is InChI=1S/C64H124O6/c1-5-7-9-11-13-15-17-19-21-23-25-27-29-31-36-40-44-48-52-56-63(66)69-59-61(70-64(67)57-53-49-45-41-37-33-32-34-38-42-46-50-54-60(3)4)58-68-62(65)55-51-47-43-39-35-30-28-26-24-22-20-18-16-14-12-10-8-6-2/h60-61H,5-59H2,1-4H3/t61-/m1/s1. The summed E-state index contributed by atoms with van der Waals surface area (Å²) in [6, 6.07) is 0. The molecule has 0 aromatic carbocycles. The Morgan fingerprint density at radius 2 is 0.471 bits per heavy atom. The number of carbonyl (C=O) groups is 3. The van der Waals surface area contributed by atoms with Gasteiger partial charge in [-0.25, -0.2) is 0 Å². The van der Waals surface area contributed by atoms with E-state index < -0.39 is 6.10 Å². The van der Waals surface area contributed by atoms with Crippen LogP contribution in [0.5, 0.6) is 0 Å². The number of esters is 3. The first kappa shape index (κ1) is 68.4. The molecule has 0 bridgehead atoms. The Morgan fingerprint density at radius 3 is 0.700 bits per heavy atom. The molecule has 6 heteroatoms. The summed E-state index contributed by atoms with van der Waals surface area (Å²) >= 11 is 0. The van der Waals surface area contributed by atoms with Crippen LogP contribution >= 0.6 is 0 Å². The molecule has 0 unspecified atom stereocenters. The third kappa shape index (κ3) is 57.3. The average Bonchev–Trinajstić information content (AvgIpc) is 3.35. The van der Waals surface area contributed by atoms with Crippen molar-refractivity contribution in [3.63, 3.8) is 0 Å². The third-order valence-electron chi connectivity index (χ3n) is 14.8. The fourth-order valence-corrected chi connectivity index (χ4v) is 9.99. The van der Waals surface area contributed by atoms with E-state index in [9.17, 15) is 14.4 Å². The van der Waals surface area contributed by atoms with Gasteiger partial charge in [0.2, 0.25) is 0 Å². The van der Waals surface area contributed by atoms with E-state index in [1.54, 1.807) is 0 Å². The van der Waals surface area contributed by atoms with E-state index in [0.717, 1.165) is 63.7 Å². The van der Waals surface area contributed by atoms with Gasteiger partial charge in [0.15, 0.2) is 6.10 Å². The van der Waals surface area contributed by atoms with Crippen LogP contribution in [-0.4, -0.2) is 37.2 Å². The summed E-state index contributed by atoms with van der Waals surface area (Å²) < 4.78 is 17.0. The maximum atomic E-state index is 12.9. The van der Waals surface area contributed by atoms with Crippen molar-refractivity contribution in [1.29, 1.82) is 0 Å². The molecule has 1 atom stereocenters. The van der Waals surface area contributed by atoms with Crippen molar-refractivity contribution in [3.05, 3.63) is 0 Å². The summed E-state index contributed by atoms with van der Waals surface area (Å²) in [5.74, 6) is 0.00333. The quantitative estimate of drug-likeness (QED) is 0.0343. The van der Waals surface area contributed by atoms with Crippen LogP contribution in [0.25, 0.3) is 0 Å². The number of unbranched alkanes of at least 4 members (excludes halogenated alkanes) is 46. The molecule has 0 spiro atoms. The lowest BCUT2D eigenvalue weighted by atomic mass is 10.0. The number of hydrogen-bond donors (Lipinski definition) is 0. The van der Waals surface area contributed by atoms with Crippen molar-refractivity contribution < 1.29 is 28.6 Å². The lowest BCUT2D eigenvalue weighted by Crippen LogP contribution is -2.30. The molecule has 6 nitrogen and oxygen atoms in total. The van der Waals surface area contributed by atoms with Crippen LogP contribution < -0.4 is 0 Å². The molecule has 0 N–H and O–H groups in total. The lowest BCUT2D eigenvalue weighted by Gasteiger charge is -2.18. The number of ether oxygens (including phenoxy) is 3. The van der Waals surface area contributed by atoms with Gasteiger partial charge in [0, 0.05) is 19.3 Å². The summed E-state index contributed by atoms with van der Waals surface area (Å²) in [4.78, 5) is 38.3. The molecule has 416 valence electrons. The van der Waals surface area contributed by atoms with Gasteiger partial charge in [-0.3, -0.25) is 14.4 Å². The predicted octanol–water partition coefficient (Wildman–Crippen LogP) is 21.4. The molecule has 0 heterocycles. The summed E-state index contributed by atoms with van der Waals surface area (Å²) in [5, 5.41) is 0. The predicted molar refractivity (Wildman–Crippen MR) is 303 cm³/mol. The van der Waals surface area contributed by atoms with Gasteiger partial charge in [-0.2, -0.15) is 0 Å². The summed E-state index contributed by atoms with van der Waals surface area (Å²) in [7, 11) is 0. The lowest BCUT2D eigenvalue weighted by molar-refractivity contribution is -0.167. The maximum Gasteiger partial charge on any atom is 0.306 e. The van der Waals surface area contributed by atoms with Crippen LogP contribution in [0.2, 0.25) is 0 Å². The average molecular weight is 990 g/mol. The highest BCUT2D eigenvalue weighted by atomic mass is 16.6. The highest BCUT2D eigenvalue weighted by Gasteiger charge is 2.19. The van der Waals surface area contributed by atoms with Gasteiger partial charge < -0.3 is 14.2 Å². The Hall–Kier alpha value is -1.59. The van der Waals surface area contributed by atoms with E-state index >= 15 is 0 Å². The van der Waals surface area contributed by atoms with Crippen molar-refractivity contribution in [3.8, 4) is 0 Å². The van der Waals surface area contributed by atoms with Gasteiger partial charge in [-0.05, 0) is 25.2 Å². The van der Waals surface area contributed by atoms with Gasteiger partial charge in [0.1, 0.15) is 13.2 Å². The van der Waals surface area contributed by atoms with Crippen molar-refractivity contribution in [2.75, 3.05) is 13.2 Å². The molecule has 0 aliphatic rings. The van der Waals surface area contributed by atoms with Crippen molar-refractivity contribution >= 4 is 17.9 Å². The van der Waals surface area contributed by atoms with E-state index in [2.05, 4.69) is 27.7 Å². The molecule has 0 aliphatic carbocycles. The van der Waals surface area contributed by atoms with E-state index in [4.69, 9.17) is 14.2 Å². The van der Waals surface area contributed by atoms with Crippen LogP contribution in [0.4, 0.5) is 0 Å². The summed E-state index contributed by atoms with van der Waals surface area (Å²) in [6.07, 6.45) is 65.3. The molecular weight excluding hydrogens is 865 g/mol. The molecule has 0 saturated heterocycles. The Labute approximate surface area is 438 Å².